The van der Waals surface area contributed by atoms with Crippen molar-refractivity contribution >= 4 is 40.4 Å². The van der Waals surface area contributed by atoms with Crippen LogP contribution in [0.3, 0.4) is 0 Å². The molecule has 1 atom stereocenters. The Kier molecular flexibility index (Phi) is 5.43. The van der Waals surface area contributed by atoms with E-state index in [1.807, 2.05) is 17.5 Å². The van der Waals surface area contributed by atoms with Gasteiger partial charge in [0.2, 0.25) is 5.91 Å². The van der Waals surface area contributed by atoms with Gasteiger partial charge in [0.05, 0.1) is 12.5 Å². The Labute approximate surface area is 131 Å². The average Bonchev–Trinajstić information content (AvgIpc) is 2.87. The largest absolute Gasteiger partial charge is 0.387 e. The van der Waals surface area contributed by atoms with Gasteiger partial charge in [-0.3, -0.25) is 4.79 Å². The second-order valence-corrected chi connectivity index (χ2v) is 6.18. The molecule has 1 aromatic heterocycles. The molecule has 2 N–H and O–H groups in total. The van der Waals surface area contributed by atoms with Crippen LogP contribution in [0.2, 0.25) is 10.0 Å². The van der Waals surface area contributed by atoms with Gasteiger partial charge in [0.25, 0.3) is 0 Å². The number of aliphatic hydroxyl groups excluding tert-OH is 1. The van der Waals surface area contributed by atoms with E-state index in [0.29, 0.717) is 22.0 Å². The van der Waals surface area contributed by atoms with E-state index in [2.05, 4.69) is 5.32 Å². The Balaban J connectivity index is 1.88. The summed E-state index contributed by atoms with van der Waals surface area (Å²) in [7, 11) is 0. The van der Waals surface area contributed by atoms with Gasteiger partial charge < -0.3 is 10.4 Å². The maximum Gasteiger partial charge on any atom is 0.225 e. The zero-order valence-corrected chi connectivity index (χ0v) is 12.8. The first-order valence-electron chi connectivity index (χ1n) is 5.98. The fourth-order valence-electron chi connectivity index (χ4n) is 1.73. The molecule has 0 saturated carbocycles. The monoisotopic (exact) mass is 329 g/mol. The van der Waals surface area contributed by atoms with Crippen molar-refractivity contribution in [3.05, 3.63) is 56.2 Å². The highest BCUT2D eigenvalue weighted by Gasteiger charge is 2.11. The van der Waals surface area contributed by atoms with Crippen LogP contribution in [0.25, 0.3) is 0 Å². The lowest BCUT2D eigenvalue weighted by Gasteiger charge is -2.13. The molecule has 0 radical (unpaired) electrons. The Morgan fingerprint density at radius 3 is 2.60 bits per heavy atom. The molecular formula is C14H13Cl2NO2S. The molecular weight excluding hydrogens is 317 g/mol. The smallest absolute Gasteiger partial charge is 0.225 e. The minimum absolute atomic E-state index is 0.125. The van der Waals surface area contributed by atoms with Crippen molar-refractivity contribution in [1.82, 2.24) is 5.32 Å². The fourth-order valence-corrected chi connectivity index (χ4v) is 2.98. The molecule has 0 saturated heterocycles. The first kappa shape index (κ1) is 15.3. The highest BCUT2D eigenvalue weighted by molar-refractivity contribution is 7.10. The summed E-state index contributed by atoms with van der Waals surface area (Å²) in [4.78, 5) is 12.7. The number of thiophene rings is 1. The Bertz CT molecular complexity index is 567. The van der Waals surface area contributed by atoms with Crippen LogP contribution in [0.5, 0.6) is 0 Å². The third-order valence-electron chi connectivity index (χ3n) is 2.68. The van der Waals surface area contributed by atoms with Crippen LogP contribution in [0.4, 0.5) is 0 Å². The molecule has 0 spiro atoms. The maximum atomic E-state index is 11.7. The SMILES string of the molecule is O=C(Cc1cccs1)NCC(O)c1cc(Cl)cc(Cl)c1. The predicted molar refractivity (Wildman–Crippen MR) is 82.5 cm³/mol. The molecule has 2 aromatic rings. The van der Waals surface area contributed by atoms with Gasteiger partial charge >= 0.3 is 0 Å². The van der Waals surface area contributed by atoms with E-state index in [4.69, 9.17) is 23.2 Å². The number of rotatable bonds is 5. The quantitative estimate of drug-likeness (QED) is 0.882. The normalized spacial score (nSPS) is 12.2. The van der Waals surface area contributed by atoms with Crippen molar-refractivity contribution in [3.8, 4) is 0 Å². The van der Waals surface area contributed by atoms with Crippen molar-refractivity contribution in [1.29, 1.82) is 0 Å². The molecule has 6 heteroatoms. The zero-order chi connectivity index (χ0) is 14.5. The first-order chi connectivity index (χ1) is 9.54. The topological polar surface area (TPSA) is 49.3 Å². The van der Waals surface area contributed by atoms with Gasteiger partial charge in [0.15, 0.2) is 0 Å². The van der Waals surface area contributed by atoms with Gasteiger partial charge in [-0.15, -0.1) is 11.3 Å². The molecule has 1 aromatic carbocycles. The van der Waals surface area contributed by atoms with Crippen LogP contribution in [0, 0.1) is 0 Å². The van der Waals surface area contributed by atoms with Gasteiger partial charge in [-0.2, -0.15) is 0 Å². The maximum absolute atomic E-state index is 11.7. The van der Waals surface area contributed by atoms with E-state index in [-0.39, 0.29) is 12.5 Å². The predicted octanol–water partition coefficient (Wildman–Crippen LogP) is 3.45. The lowest BCUT2D eigenvalue weighted by molar-refractivity contribution is -0.120. The van der Waals surface area contributed by atoms with Crippen LogP contribution >= 0.6 is 34.5 Å². The minimum Gasteiger partial charge on any atom is -0.387 e. The second kappa shape index (κ2) is 7.09. The summed E-state index contributed by atoms with van der Waals surface area (Å²) >= 11 is 13.3. The molecule has 1 amide bonds. The number of carbonyl (C=O) groups is 1. The molecule has 1 unspecified atom stereocenters. The van der Waals surface area contributed by atoms with Gasteiger partial charge in [0, 0.05) is 21.5 Å². The highest BCUT2D eigenvalue weighted by Crippen LogP contribution is 2.23. The summed E-state index contributed by atoms with van der Waals surface area (Å²) in [6.45, 7) is 0.126. The summed E-state index contributed by atoms with van der Waals surface area (Å²) in [6.07, 6.45) is -0.515. The van der Waals surface area contributed by atoms with Crippen molar-refractivity contribution in [2.75, 3.05) is 6.54 Å². The molecule has 3 nitrogen and oxygen atoms in total. The van der Waals surface area contributed by atoms with E-state index in [1.165, 1.54) is 11.3 Å². The van der Waals surface area contributed by atoms with E-state index < -0.39 is 6.10 Å². The molecule has 2 rings (SSSR count). The van der Waals surface area contributed by atoms with Gasteiger partial charge in [-0.1, -0.05) is 29.3 Å². The van der Waals surface area contributed by atoms with E-state index in [1.54, 1.807) is 18.2 Å². The number of amides is 1. The number of aliphatic hydroxyl groups is 1. The summed E-state index contributed by atoms with van der Waals surface area (Å²) in [5.74, 6) is -0.125. The van der Waals surface area contributed by atoms with Crippen molar-refractivity contribution in [2.24, 2.45) is 0 Å². The number of carbonyl (C=O) groups excluding carboxylic acids is 1. The number of nitrogens with one attached hydrogen (secondary N) is 1. The first-order valence-corrected chi connectivity index (χ1v) is 7.61. The van der Waals surface area contributed by atoms with Crippen LogP contribution in [-0.2, 0) is 11.2 Å². The van der Waals surface area contributed by atoms with E-state index in [0.717, 1.165) is 4.88 Å². The Hall–Kier alpha value is -1.07. The van der Waals surface area contributed by atoms with Gasteiger partial charge in [0.1, 0.15) is 0 Å². The summed E-state index contributed by atoms with van der Waals surface area (Å²) in [5, 5.41) is 15.5. The summed E-state index contributed by atoms with van der Waals surface area (Å²) < 4.78 is 0. The minimum atomic E-state index is -0.835. The van der Waals surface area contributed by atoms with Crippen LogP contribution in [0.1, 0.15) is 16.5 Å². The van der Waals surface area contributed by atoms with Crippen LogP contribution in [0.15, 0.2) is 35.7 Å². The molecule has 0 aliphatic carbocycles. The second-order valence-electron chi connectivity index (χ2n) is 4.28. The lowest BCUT2D eigenvalue weighted by atomic mass is 10.1. The Morgan fingerprint density at radius 2 is 2.00 bits per heavy atom. The van der Waals surface area contributed by atoms with E-state index >= 15 is 0 Å². The number of halogens is 2. The molecule has 20 heavy (non-hydrogen) atoms. The third kappa shape index (κ3) is 4.49. The van der Waals surface area contributed by atoms with Crippen LogP contribution in [-0.4, -0.2) is 17.6 Å². The lowest BCUT2D eigenvalue weighted by Crippen LogP contribution is -2.29. The van der Waals surface area contributed by atoms with Crippen molar-refractivity contribution in [3.63, 3.8) is 0 Å². The van der Waals surface area contributed by atoms with Crippen molar-refractivity contribution in [2.45, 2.75) is 12.5 Å². The van der Waals surface area contributed by atoms with E-state index in [9.17, 15) is 9.90 Å². The summed E-state index contributed by atoms with van der Waals surface area (Å²) in [6, 6.07) is 8.65. The zero-order valence-electron chi connectivity index (χ0n) is 10.5. The number of hydrogen-bond donors (Lipinski definition) is 2. The average molecular weight is 330 g/mol. The highest BCUT2D eigenvalue weighted by atomic mass is 35.5. The van der Waals surface area contributed by atoms with Crippen LogP contribution < -0.4 is 5.32 Å². The standard InChI is InChI=1S/C14H13Cl2NO2S/c15-10-4-9(5-11(16)6-10)13(18)8-17-14(19)7-12-2-1-3-20-12/h1-6,13,18H,7-8H2,(H,17,19). The fraction of sp³-hybridized carbons (Fsp3) is 0.214. The molecule has 1 heterocycles. The summed E-state index contributed by atoms with van der Waals surface area (Å²) in [5.41, 5.74) is 0.582. The van der Waals surface area contributed by atoms with Gasteiger partial charge in [-0.05, 0) is 35.2 Å². The number of hydrogen-bond acceptors (Lipinski definition) is 3. The number of benzene rings is 1. The molecule has 0 aliphatic heterocycles. The molecule has 0 bridgehead atoms. The Morgan fingerprint density at radius 1 is 1.30 bits per heavy atom. The molecule has 0 aliphatic rings. The van der Waals surface area contributed by atoms with Crippen molar-refractivity contribution < 1.29 is 9.90 Å². The molecule has 106 valence electrons. The van der Waals surface area contributed by atoms with Gasteiger partial charge in [-0.25, -0.2) is 0 Å². The third-order valence-corrected chi connectivity index (χ3v) is 3.99. The molecule has 0 fully saturated rings.